The van der Waals surface area contributed by atoms with E-state index in [9.17, 15) is 18.0 Å². The number of likely N-dealkylation sites (N-methyl/N-ethyl adjacent to an activating group) is 1. The molecule has 1 amide bonds. The Kier molecular flexibility index (Phi) is 5.78. The zero-order valence-corrected chi connectivity index (χ0v) is 15.6. The molecule has 0 radical (unpaired) electrons. The van der Waals surface area contributed by atoms with Gasteiger partial charge in [0.15, 0.2) is 11.5 Å². The Morgan fingerprint density at radius 1 is 1.11 bits per heavy atom. The van der Waals surface area contributed by atoms with E-state index in [2.05, 4.69) is 15.0 Å². The fourth-order valence-electron chi connectivity index (χ4n) is 2.93. The third-order valence-electron chi connectivity index (χ3n) is 4.35. The van der Waals surface area contributed by atoms with E-state index in [1.165, 1.54) is 12.4 Å². The summed E-state index contributed by atoms with van der Waals surface area (Å²) < 4.78 is 40.0. The molecule has 3 rings (SSSR count). The number of pyridine rings is 1. The lowest BCUT2D eigenvalue weighted by molar-refractivity contribution is -0.141. The number of anilines is 1. The normalized spacial score (nSPS) is 15.2. The van der Waals surface area contributed by atoms with Crippen LogP contribution in [0, 0.1) is 0 Å². The summed E-state index contributed by atoms with van der Waals surface area (Å²) in [6, 6.07) is 4.09. The standard InChI is InChI=1S/C18H21F3N6O/c1-25(2)12-16(28)27-9-7-26(8-10-27)15-11-14(18(19,20)21)23-17(24-15)13-3-5-22-6-4-13/h3-6,11H,7-10,12H2,1-2H3. The second-order valence-corrected chi connectivity index (χ2v) is 6.77. The minimum atomic E-state index is -4.58. The summed E-state index contributed by atoms with van der Waals surface area (Å²) >= 11 is 0. The van der Waals surface area contributed by atoms with E-state index in [0.717, 1.165) is 6.07 Å². The molecule has 1 saturated heterocycles. The number of nitrogens with zero attached hydrogens (tertiary/aromatic N) is 6. The summed E-state index contributed by atoms with van der Waals surface area (Å²) in [6.07, 6.45) is -1.62. The fourth-order valence-corrected chi connectivity index (χ4v) is 2.93. The number of alkyl halides is 3. The first-order chi connectivity index (χ1) is 13.2. The summed E-state index contributed by atoms with van der Waals surface area (Å²) in [6.45, 7) is 1.98. The van der Waals surface area contributed by atoms with Crippen LogP contribution in [0.15, 0.2) is 30.6 Å². The van der Waals surface area contributed by atoms with E-state index in [4.69, 9.17) is 0 Å². The number of carbonyl (C=O) groups excluding carboxylic acids is 1. The van der Waals surface area contributed by atoms with Crippen molar-refractivity contribution < 1.29 is 18.0 Å². The van der Waals surface area contributed by atoms with Gasteiger partial charge >= 0.3 is 6.18 Å². The summed E-state index contributed by atoms with van der Waals surface area (Å²) in [7, 11) is 3.63. The number of aromatic nitrogens is 3. The smallest absolute Gasteiger partial charge is 0.353 e. The summed E-state index contributed by atoms with van der Waals surface area (Å²) in [4.78, 5) is 29.3. The van der Waals surface area contributed by atoms with Gasteiger partial charge in [-0.2, -0.15) is 13.2 Å². The number of rotatable bonds is 4. The molecule has 0 spiro atoms. The minimum Gasteiger partial charge on any atom is -0.353 e. The monoisotopic (exact) mass is 394 g/mol. The van der Waals surface area contributed by atoms with Crippen LogP contribution in [-0.4, -0.2) is 77.5 Å². The first-order valence-corrected chi connectivity index (χ1v) is 8.78. The van der Waals surface area contributed by atoms with Gasteiger partial charge in [0.2, 0.25) is 5.91 Å². The van der Waals surface area contributed by atoms with Gasteiger partial charge in [0.25, 0.3) is 0 Å². The second-order valence-electron chi connectivity index (χ2n) is 6.77. The van der Waals surface area contributed by atoms with E-state index < -0.39 is 11.9 Å². The van der Waals surface area contributed by atoms with Gasteiger partial charge in [-0.05, 0) is 26.2 Å². The van der Waals surface area contributed by atoms with Crippen molar-refractivity contribution >= 4 is 11.7 Å². The van der Waals surface area contributed by atoms with Crippen molar-refractivity contribution in [3.8, 4) is 11.4 Å². The molecule has 0 saturated carbocycles. The van der Waals surface area contributed by atoms with Gasteiger partial charge in [-0.3, -0.25) is 9.78 Å². The van der Waals surface area contributed by atoms with Crippen molar-refractivity contribution in [2.24, 2.45) is 0 Å². The maximum atomic E-state index is 13.3. The van der Waals surface area contributed by atoms with Crippen LogP contribution in [0.4, 0.5) is 19.0 Å². The van der Waals surface area contributed by atoms with Gasteiger partial charge in [-0.15, -0.1) is 0 Å². The Hall–Kier alpha value is -2.75. The van der Waals surface area contributed by atoms with Gasteiger partial charge in [0, 0.05) is 50.2 Å². The minimum absolute atomic E-state index is 0.000734. The molecule has 3 heterocycles. The van der Waals surface area contributed by atoms with Crippen LogP contribution in [0.5, 0.6) is 0 Å². The van der Waals surface area contributed by atoms with Crippen molar-refractivity contribution in [3.63, 3.8) is 0 Å². The highest BCUT2D eigenvalue weighted by Crippen LogP contribution is 2.31. The van der Waals surface area contributed by atoms with Crippen LogP contribution in [0.1, 0.15) is 5.69 Å². The van der Waals surface area contributed by atoms with Crippen LogP contribution >= 0.6 is 0 Å². The Balaban J connectivity index is 1.83. The number of hydrogen-bond donors (Lipinski definition) is 0. The second kappa shape index (κ2) is 8.09. The van der Waals surface area contributed by atoms with E-state index in [-0.39, 0.29) is 17.5 Å². The molecule has 28 heavy (non-hydrogen) atoms. The number of carbonyl (C=O) groups is 1. The topological polar surface area (TPSA) is 65.5 Å². The van der Waals surface area contributed by atoms with Gasteiger partial charge in [0.05, 0.1) is 6.54 Å². The van der Waals surface area contributed by atoms with Crippen LogP contribution in [-0.2, 0) is 11.0 Å². The fraction of sp³-hybridized carbons (Fsp3) is 0.444. The summed E-state index contributed by atoms with van der Waals surface area (Å²) in [5, 5.41) is 0. The van der Waals surface area contributed by atoms with E-state index in [0.29, 0.717) is 38.3 Å². The van der Waals surface area contributed by atoms with Crippen molar-refractivity contribution in [1.29, 1.82) is 0 Å². The van der Waals surface area contributed by atoms with Gasteiger partial charge < -0.3 is 14.7 Å². The zero-order valence-electron chi connectivity index (χ0n) is 15.6. The molecule has 10 heteroatoms. The van der Waals surface area contributed by atoms with Crippen molar-refractivity contribution in [2.45, 2.75) is 6.18 Å². The molecular formula is C18H21F3N6O. The molecule has 1 fully saturated rings. The largest absolute Gasteiger partial charge is 0.433 e. The van der Waals surface area contributed by atoms with E-state index in [1.807, 2.05) is 14.1 Å². The van der Waals surface area contributed by atoms with Crippen molar-refractivity contribution in [1.82, 2.24) is 24.8 Å². The molecule has 0 aliphatic carbocycles. The molecule has 0 unspecified atom stereocenters. The zero-order chi connectivity index (χ0) is 20.3. The number of amides is 1. The Morgan fingerprint density at radius 3 is 2.32 bits per heavy atom. The predicted molar refractivity (Wildman–Crippen MR) is 97.6 cm³/mol. The molecule has 1 aliphatic heterocycles. The lowest BCUT2D eigenvalue weighted by atomic mass is 10.2. The summed E-state index contributed by atoms with van der Waals surface area (Å²) in [5.74, 6) is 0.202. The molecule has 0 bridgehead atoms. The number of piperazine rings is 1. The van der Waals surface area contributed by atoms with Crippen molar-refractivity contribution in [3.05, 3.63) is 36.3 Å². The maximum absolute atomic E-state index is 13.3. The van der Waals surface area contributed by atoms with Gasteiger partial charge in [-0.25, -0.2) is 9.97 Å². The molecular weight excluding hydrogens is 373 g/mol. The summed E-state index contributed by atoms with van der Waals surface area (Å²) in [5.41, 5.74) is -0.530. The quantitative estimate of drug-likeness (QED) is 0.788. The van der Waals surface area contributed by atoms with Gasteiger partial charge in [-0.1, -0.05) is 0 Å². The number of hydrogen-bond acceptors (Lipinski definition) is 6. The average Bonchev–Trinajstić information content (AvgIpc) is 2.67. The first kappa shape index (κ1) is 20.0. The van der Waals surface area contributed by atoms with Crippen LogP contribution in [0.2, 0.25) is 0 Å². The lowest BCUT2D eigenvalue weighted by Gasteiger charge is -2.36. The molecule has 0 atom stereocenters. The molecule has 2 aromatic heterocycles. The van der Waals surface area contributed by atoms with Crippen LogP contribution in [0.25, 0.3) is 11.4 Å². The molecule has 0 N–H and O–H groups in total. The Labute approximate surface area is 160 Å². The van der Waals surface area contributed by atoms with Crippen molar-refractivity contribution in [2.75, 3.05) is 51.7 Å². The average molecular weight is 394 g/mol. The molecule has 2 aromatic rings. The molecule has 1 aliphatic rings. The molecule has 150 valence electrons. The predicted octanol–water partition coefficient (Wildman–Crippen LogP) is 1.77. The van der Waals surface area contributed by atoms with E-state index >= 15 is 0 Å². The molecule has 0 aromatic carbocycles. The highest BCUT2D eigenvalue weighted by Gasteiger charge is 2.35. The maximum Gasteiger partial charge on any atom is 0.433 e. The Morgan fingerprint density at radius 2 is 1.75 bits per heavy atom. The Bertz CT molecular complexity index is 820. The highest BCUT2D eigenvalue weighted by atomic mass is 19.4. The van der Waals surface area contributed by atoms with E-state index in [1.54, 1.807) is 26.8 Å². The highest BCUT2D eigenvalue weighted by molar-refractivity contribution is 5.78. The van der Waals surface area contributed by atoms with Gasteiger partial charge in [0.1, 0.15) is 5.82 Å². The van der Waals surface area contributed by atoms with Crippen LogP contribution in [0.3, 0.4) is 0 Å². The first-order valence-electron chi connectivity index (χ1n) is 8.78. The number of halogens is 3. The third-order valence-corrected chi connectivity index (χ3v) is 4.35. The molecule has 7 nitrogen and oxygen atoms in total. The SMILES string of the molecule is CN(C)CC(=O)N1CCN(c2cc(C(F)(F)F)nc(-c3ccncc3)n2)CC1. The lowest BCUT2D eigenvalue weighted by Crippen LogP contribution is -2.51. The van der Waals surface area contributed by atoms with Crippen LogP contribution < -0.4 is 4.90 Å². The third kappa shape index (κ3) is 4.75.